The molecule has 2 aromatic heterocycles. The SMILES string of the molecule is CCOC(=O)c1cnc2ncc(Br)cn2c1=O. The molecule has 0 unspecified atom stereocenters. The van der Waals surface area contributed by atoms with Gasteiger partial charge in [0.1, 0.15) is 5.56 Å². The lowest BCUT2D eigenvalue weighted by atomic mass is 10.3. The molecule has 0 aromatic carbocycles. The van der Waals surface area contributed by atoms with Crippen molar-refractivity contribution in [3.05, 3.63) is 39.0 Å². The number of esters is 1. The summed E-state index contributed by atoms with van der Waals surface area (Å²) in [5.74, 6) is -0.453. The number of rotatable bonds is 2. The van der Waals surface area contributed by atoms with E-state index >= 15 is 0 Å². The van der Waals surface area contributed by atoms with Gasteiger partial charge in [-0.25, -0.2) is 19.2 Å². The minimum absolute atomic E-state index is 0.107. The fourth-order valence-corrected chi connectivity index (χ4v) is 1.60. The van der Waals surface area contributed by atoms with Crippen LogP contribution in [0.1, 0.15) is 17.3 Å². The lowest BCUT2D eigenvalue weighted by molar-refractivity contribution is 0.0523. The second-order valence-corrected chi connectivity index (χ2v) is 4.06. The van der Waals surface area contributed by atoms with Crippen LogP contribution < -0.4 is 5.56 Å². The maximum Gasteiger partial charge on any atom is 0.345 e. The minimum atomic E-state index is -0.681. The largest absolute Gasteiger partial charge is 0.462 e. The van der Waals surface area contributed by atoms with Crippen molar-refractivity contribution in [3.8, 4) is 0 Å². The van der Waals surface area contributed by atoms with E-state index in [1.807, 2.05) is 0 Å². The lowest BCUT2D eigenvalue weighted by Gasteiger charge is -2.03. The third-order valence-electron chi connectivity index (χ3n) is 2.02. The molecule has 7 heteroatoms. The number of fused-ring (bicyclic) bond motifs is 1. The minimum Gasteiger partial charge on any atom is -0.462 e. The van der Waals surface area contributed by atoms with Gasteiger partial charge in [0.15, 0.2) is 0 Å². The summed E-state index contributed by atoms with van der Waals surface area (Å²) < 4.78 is 6.57. The molecule has 2 aromatic rings. The van der Waals surface area contributed by atoms with Crippen LogP contribution >= 0.6 is 15.9 Å². The normalized spacial score (nSPS) is 10.5. The topological polar surface area (TPSA) is 73.6 Å². The summed E-state index contributed by atoms with van der Waals surface area (Å²) in [6.45, 7) is 1.87. The van der Waals surface area contributed by atoms with Crippen LogP contribution in [0.3, 0.4) is 0 Å². The van der Waals surface area contributed by atoms with Crippen molar-refractivity contribution in [2.45, 2.75) is 6.92 Å². The van der Waals surface area contributed by atoms with Gasteiger partial charge in [-0.1, -0.05) is 0 Å². The molecule has 17 heavy (non-hydrogen) atoms. The van der Waals surface area contributed by atoms with E-state index in [4.69, 9.17) is 4.74 Å². The van der Waals surface area contributed by atoms with Gasteiger partial charge in [0.25, 0.3) is 5.56 Å². The van der Waals surface area contributed by atoms with Gasteiger partial charge >= 0.3 is 5.97 Å². The summed E-state index contributed by atoms with van der Waals surface area (Å²) in [7, 11) is 0. The molecule has 0 bridgehead atoms. The van der Waals surface area contributed by atoms with Crippen LogP contribution in [-0.2, 0) is 4.74 Å². The molecule has 0 amide bonds. The predicted octanol–water partition coefficient (Wildman–Crippen LogP) is 1.03. The monoisotopic (exact) mass is 297 g/mol. The Morgan fingerprint density at radius 1 is 1.47 bits per heavy atom. The highest BCUT2D eigenvalue weighted by molar-refractivity contribution is 9.10. The first kappa shape index (κ1) is 11.7. The van der Waals surface area contributed by atoms with Gasteiger partial charge in [0.2, 0.25) is 5.78 Å². The van der Waals surface area contributed by atoms with E-state index in [0.717, 1.165) is 0 Å². The molecule has 0 saturated carbocycles. The maximum absolute atomic E-state index is 12.0. The Morgan fingerprint density at radius 2 is 2.18 bits per heavy atom. The van der Waals surface area contributed by atoms with Crippen molar-refractivity contribution >= 4 is 27.7 Å². The third-order valence-corrected chi connectivity index (χ3v) is 2.43. The van der Waals surface area contributed by atoms with Gasteiger partial charge in [-0.05, 0) is 22.9 Å². The number of ether oxygens (including phenoxy) is 1. The molecule has 0 aliphatic heterocycles. The van der Waals surface area contributed by atoms with E-state index < -0.39 is 11.5 Å². The third kappa shape index (κ3) is 2.19. The fraction of sp³-hybridized carbons (Fsp3) is 0.200. The molecular formula is C10H8BrN3O3. The highest BCUT2D eigenvalue weighted by Crippen LogP contribution is 2.06. The number of carbonyl (C=O) groups excluding carboxylic acids is 1. The van der Waals surface area contributed by atoms with Crippen LogP contribution in [0.5, 0.6) is 0 Å². The van der Waals surface area contributed by atoms with Gasteiger partial charge < -0.3 is 4.74 Å². The van der Waals surface area contributed by atoms with Crippen molar-refractivity contribution in [1.29, 1.82) is 0 Å². The van der Waals surface area contributed by atoms with E-state index in [1.54, 1.807) is 6.92 Å². The van der Waals surface area contributed by atoms with Gasteiger partial charge in [0, 0.05) is 12.4 Å². The quantitative estimate of drug-likeness (QED) is 0.774. The van der Waals surface area contributed by atoms with Gasteiger partial charge in [-0.15, -0.1) is 0 Å². The Kier molecular flexibility index (Phi) is 3.19. The zero-order chi connectivity index (χ0) is 12.4. The molecule has 0 saturated heterocycles. The Balaban J connectivity index is 2.65. The van der Waals surface area contributed by atoms with Gasteiger partial charge in [-0.3, -0.25) is 4.79 Å². The molecule has 88 valence electrons. The van der Waals surface area contributed by atoms with E-state index in [2.05, 4.69) is 25.9 Å². The van der Waals surface area contributed by atoms with Crippen LogP contribution in [-0.4, -0.2) is 26.9 Å². The standard InChI is InChI=1S/C10H8BrN3O3/c1-2-17-9(16)7-4-13-10-12-3-6(11)5-14(10)8(7)15/h3-5H,2H2,1H3. The summed E-state index contributed by atoms with van der Waals surface area (Å²) >= 11 is 3.19. The second kappa shape index (κ2) is 4.62. The zero-order valence-corrected chi connectivity index (χ0v) is 10.5. The zero-order valence-electron chi connectivity index (χ0n) is 8.88. The Hall–Kier alpha value is -1.76. The Bertz CT molecular complexity index is 638. The van der Waals surface area contributed by atoms with Gasteiger partial charge in [-0.2, -0.15) is 0 Å². The number of aromatic nitrogens is 3. The molecule has 0 N–H and O–H groups in total. The summed E-state index contributed by atoms with van der Waals surface area (Å²) in [5, 5.41) is 0. The molecular weight excluding hydrogens is 290 g/mol. The summed E-state index contributed by atoms with van der Waals surface area (Å²) in [6, 6.07) is 0. The average molecular weight is 298 g/mol. The van der Waals surface area contributed by atoms with Crippen molar-refractivity contribution in [3.63, 3.8) is 0 Å². The first-order valence-electron chi connectivity index (χ1n) is 4.83. The van der Waals surface area contributed by atoms with Crippen LogP contribution in [0, 0.1) is 0 Å². The van der Waals surface area contributed by atoms with Crippen molar-refractivity contribution in [1.82, 2.24) is 14.4 Å². The number of hydrogen-bond acceptors (Lipinski definition) is 5. The Labute approximate surface area is 104 Å². The van der Waals surface area contributed by atoms with Crippen molar-refractivity contribution in [2.75, 3.05) is 6.61 Å². The molecule has 2 rings (SSSR count). The summed E-state index contributed by atoms with van der Waals surface area (Å²) in [6.07, 6.45) is 4.20. The number of carbonyl (C=O) groups is 1. The maximum atomic E-state index is 12.0. The van der Waals surface area contributed by atoms with Gasteiger partial charge in [0.05, 0.1) is 17.3 Å². The second-order valence-electron chi connectivity index (χ2n) is 3.14. The van der Waals surface area contributed by atoms with Crippen LogP contribution in [0.15, 0.2) is 27.9 Å². The van der Waals surface area contributed by atoms with Crippen molar-refractivity contribution in [2.24, 2.45) is 0 Å². The first-order valence-corrected chi connectivity index (χ1v) is 5.63. The first-order chi connectivity index (χ1) is 8.13. The lowest BCUT2D eigenvalue weighted by Crippen LogP contribution is -2.24. The molecule has 2 heterocycles. The smallest absolute Gasteiger partial charge is 0.345 e. The van der Waals surface area contributed by atoms with Crippen LogP contribution in [0.2, 0.25) is 0 Å². The van der Waals surface area contributed by atoms with E-state index in [1.165, 1.54) is 23.0 Å². The number of halogens is 1. The van der Waals surface area contributed by atoms with Crippen LogP contribution in [0.4, 0.5) is 0 Å². The molecule has 0 spiro atoms. The van der Waals surface area contributed by atoms with E-state index in [0.29, 0.717) is 4.47 Å². The van der Waals surface area contributed by atoms with Crippen molar-refractivity contribution < 1.29 is 9.53 Å². The Morgan fingerprint density at radius 3 is 2.88 bits per heavy atom. The summed E-state index contributed by atoms with van der Waals surface area (Å²) in [4.78, 5) is 31.3. The molecule has 0 radical (unpaired) electrons. The highest BCUT2D eigenvalue weighted by atomic mass is 79.9. The molecule has 0 fully saturated rings. The number of hydrogen-bond donors (Lipinski definition) is 0. The summed E-state index contributed by atoms with van der Waals surface area (Å²) in [5.41, 5.74) is -0.605. The number of nitrogens with zero attached hydrogens (tertiary/aromatic N) is 3. The van der Waals surface area contributed by atoms with E-state index in [9.17, 15) is 9.59 Å². The predicted molar refractivity (Wildman–Crippen MR) is 62.9 cm³/mol. The molecule has 0 atom stereocenters. The highest BCUT2D eigenvalue weighted by Gasteiger charge is 2.14. The van der Waals surface area contributed by atoms with E-state index in [-0.39, 0.29) is 17.9 Å². The average Bonchev–Trinajstić information content (AvgIpc) is 2.30. The molecule has 0 aliphatic rings. The molecule has 0 aliphatic carbocycles. The van der Waals surface area contributed by atoms with Crippen LogP contribution in [0.25, 0.3) is 5.78 Å². The fourth-order valence-electron chi connectivity index (χ4n) is 1.30. The molecule has 6 nitrogen and oxygen atoms in total.